The second-order valence-corrected chi connectivity index (χ2v) is 4.57. The van der Waals surface area contributed by atoms with Gasteiger partial charge in [0, 0.05) is 31.0 Å². The lowest BCUT2D eigenvalue weighted by molar-refractivity contribution is 0.0640. The van der Waals surface area contributed by atoms with Crippen molar-refractivity contribution in [3.05, 3.63) is 29.6 Å². The van der Waals surface area contributed by atoms with Gasteiger partial charge < -0.3 is 10.6 Å². The van der Waals surface area contributed by atoms with Crippen LogP contribution in [0, 0.1) is 6.92 Å². The molecular formula is C12H19N3O. The van der Waals surface area contributed by atoms with Crippen LogP contribution in [0.1, 0.15) is 29.9 Å². The van der Waals surface area contributed by atoms with E-state index in [2.05, 4.69) is 4.98 Å². The Morgan fingerprint density at radius 3 is 2.56 bits per heavy atom. The van der Waals surface area contributed by atoms with Crippen molar-refractivity contribution < 1.29 is 4.79 Å². The lowest BCUT2D eigenvalue weighted by Gasteiger charge is -2.34. The maximum absolute atomic E-state index is 12.1. The molecule has 1 aromatic heterocycles. The largest absolute Gasteiger partial charge is 0.335 e. The van der Waals surface area contributed by atoms with E-state index in [1.807, 2.05) is 26.8 Å². The Balaban J connectivity index is 2.90. The quantitative estimate of drug-likeness (QED) is 0.834. The molecule has 0 saturated heterocycles. The number of aromatic nitrogens is 1. The zero-order chi connectivity index (χ0) is 12.3. The number of carbonyl (C=O) groups is 1. The highest BCUT2D eigenvalue weighted by Crippen LogP contribution is 2.14. The van der Waals surface area contributed by atoms with Crippen molar-refractivity contribution in [1.82, 2.24) is 9.88 Å². The second kappa shape index (κ2) is 4.61. The van der Waals surface area contributed by atoms with Gasteiger partial charge in [0.1, 0.15) is 0 Å². The first-order valence-corrected chi connectivity index (χ1v) is 5.29. The minimum absolute atomic E-state index is 0.0528. The summed E-state index contributed by atoms with van der Waals surface area (Å²) < 4.78 is 0. The van der Waals surface area contributed by atoms with Gasteiger partial charge in [0.05, 0.1) is 5.56 Å². The zero-order valence-corrected chi connectivity index (χ0v) is 10.3. The smallest absolute Gasteiger partial charge is 0.255 e. The molecule has 0 atom stereocenters. The summed E-state index contributed by atoms with van der Waals surface area (Å²) in [6, 6.07) is 3.62. The summed E-state index contributed by atoms with van der Waals surface area (Å²) in [5.74, 6) is -0.0528. The van der Waals surface area contributed by atoms with E-state index in [4.69, 9.17) is 5.73 Å². The third kappa shape index (κ3) is 2.58. The predicted octanol–water partition coefficient (Wildman–Crippen LogP) is 1.20. The van der Waals surface area contributed by atoms with Crippen molar-refractivity contribution >= 4 is 5.91 Å². The Bertz CT molecular complexity index is 370. The summed E-state index contributed by atoms with van der Waals surface area (Å²) in [4.78, 5) is 17.9. The van der Waals surface area contributed by atoms with Crippen LogP contribution in [0.25, 0.3) is 0 Å². The van der Waals surface area contributed by atoms with Gasteiger partial charge in [0.25, 0.3) is 5.91 Å². The number of amides is 1. The van der Waals surface area contributed by atoms with E-state index in [0.717, 1.165) is 5.69 Å². The molecule has 0 fully saturated rings. The molecule has 0 radical (unpaired) electrons. The fraction of sp³-hybridized carbons (Fsp3) is 0.500. The zero-order valence-electron chi connectivity index (χ0n) is 10.3. The van der Waals surface area contributed by atoms with Gasteiger partial charge in [-0.3, -0.25) is 9.78 Å². The molecule has 0 aliphatic heterocycles. The van der Waals surface area contributed by atoms with E-state index < -0.39 is 0 Å². The molecule has 0 aliphatic rings. The van der Waals surface area contributed by atoms with Crippen LogP contribution >= 0.6 is 0 Å². The predicted molar refractivity (Wildman–Crippen MR) is 64.2 cm³/mol. The van der Waals surface area contributed by atoms with Crippen molar-refractivity contribution in [1.29, 1.82) is 0 Å². The lowest BCUT2D eigenvalue weighted by Crippen LogP contribution is -2.50. The number of nitrogens with two attached hydrogens (primary N) is 1. The SMILES string of the molecule is Cc1ccc(C(=O)N(C)C(C)(C)CN)cn1. The molecule has 0 saturated carbocycles. The molecule has 0 spiro atoms. The standard InChI is InChI=1S/C12H19N3O/c1-9-5-6-10(7-14-9)11(16)15(4)12(2,3)8-13/h5-7H,8,13H2,1-4H3. The van der Waals surface area contributed by atoms with E-state index in [-0.39, 0.29) is 11.4 Å². The molecule has 16 heavy (non-hydrogen) atoms. The van der Waals surface area contributed by atoms with Crippen molar-refractivity contribution in [3.63, 3.8) is 0 Å². The Morgan fingerprint density at radius 2 is 2.12 bits per heavy atom. The first-order valence-electron chi connectivity index (χ1n) is 5.29. The Hall–Kier alpha value is -1.42. The highest BCUT2D eigenvalue weighted by Gasteiger charge is 2.26. The molecule has 0 aliphatic carbocycles. The number of rotatable bonds is 3. The van der Waals surface area contributed by atoms with Crippen LogP contribution in [0.5, 0.6) is 0 Å². The summed E-state index contributed by atoms with van der Waals surface area (Å²) in [7, 11) is 1.76. The Morgan fingerprint density at radius 1 is 1.50 bits per heavy atom. The molecule has 0 bridgehead atoms. The maximum atomic E-state index is 12.1. The third-order valence-corrected chi connectivity index (χ3v) is 2.87. The molecule has 88 valence electrons. The molecule has 1 rings (SSSR count). The second-order valence-electron chi connectivity index (χ2n) is 4.57. The van der Waals surface area contributed by atoms with Gasteiger partial charge in [-0.2, -0.15) is 0 Å². The van der Waals surface area contributed by atoms with Crippen LogP contribution in [0.15, 0.2) is 18.3 Å². The van der Waals surface area contributed by atoms with E-state index in [1.165, 1.54) is 0 Å². The minimum atomic E-state index is -0.345. The van der Waals surface area contributed by atoms with Gasteiger partial charge in [0.15, 0.2) is 0 Å². The molecular weight excluding hydrogens is 202 g/mol. The van der Waals surface area contributed by atoms with Crippen molar-refractivity contribution in [3.8, 4) is 0 Å². The molecule has 4 heteroatoms. The van der Waals surface area contributed by atoms with E-state index in [0.29, 0.717) is 12.1 Å². The molecule has 4 nitrogen and oxygen atoms in total. The first kappa shape index (κ1) is 12.6. The van der Waals surface area contributed by atoms with Gasteiger partial charge in [-0.25, -0.2) is 0 Å². The highest BCUT2D eigenvalue weighted by atomic mass is 16.2. The van der Waals surface area contributed by atoms with Crippen LogP contribution in [0.2, 0.25) is 0 Å². The number of pyridine rings is 1. The number of aryl methyl sites for hydroxylation is 1. The lowest BCUT2D eigenvalue weighted by atomic mass is 10.0. The minimum Gasteiger partial charge on any atom is -0.335 e. The summed E-state index contributed by atoms with van der Waals surface area (Å²) in [5, 5.41) is 0. The van der Waals surface area contributed by atoms with Crippen LogP contribution in [0.4, 0.5) is 0 Å². The first-order chi connectivity index (χ1) is 7.38. The van der Waals surface area contributed by atoms with Gasteiger partial charge in [-0.05, 0) is 32.9 Å². The van der Waals surface area contributed by atoms with Gasteiger partial charge in [0.2, 0.25) is 0 Å². The number of likely N-dealkylation sites (N-methyl/N-ethyl adjacent to an activating group) is 1. The fourth-order valence-corrected chi connectivity index (χ4v) is 1.20. The van der Waals surface area contributed by atoms with Crippen LogP contribution in [0.3, 0.4) is 0 Å². The van der Waals surface area contributed by atoms with Crippen LogP contribution in [-0.2, 0) is 0 Å². The molecule has 2 N–H and O–H groups in total. The van der Waals surface area contributed by atoms with E-state index in [9.17, 15) is 4.79 Å². The Kier molecular flexibility index (Phi) is 3.65. The molecule has 1 aromatic rings. The number of nitrogens with zero attached hydrogens (tertiary/aromatic N) is 2. The number of hydrogen-bond donors (Lipinski definition) is 1. The normalized spacial score (nSPS) is 11.3. The van der Waals surface area contributed by atoms with Gasteiger partial charge in [-0.15, -0.1) is 0 Å². The number of hydrogen-bond acceptors (Lipinski definition) is 3. The fourth-order valence-electron chi connectivity index (χ4n) is 1.20. The van der Waals surface area contributed by atoms with Crippen molar-refractivity contribution in [2.45, 2.75) is 26.3 Å². The van der Waals surface area contributed by atoms with Crippen molar-refractivity contribution in [2.24, 2.45) is 5.73 Å². The van der Waals surface area contributed by atoms with Crippen molar-refractivity contribution in [2.75, 3.05) is 13.6 Å². The van der Waals surface area contributed by atoms with Crippen LogP contribution < -0.4 is 5.73 Å². The summed E-state index contributed by atoms with van der Waals surface area (Å²) in [6.07, 6.45) is 1.60. The van der Waals surface area contributed by atoms with Gasteiger partial charge >= 0.3 is 0 Å². The molecule has 0 aromatic carbocycles. The van der Waals surface area contributed by atoms with E-state index in [1.54, 1.807) is 24.2 Å². The number of carbonyl (C=O) groups excluding carboxylic acids is 1. The average Bonchev–Trinajstić information content (AvgIpc) is 2.28. The topological polar surface area (TPSA) is 59.2 Å². The molecule has 1 heterocycles. The van der Waals surface area contributed by atoms with E-state index >= 15 is 0 Å². The van der Waals surface area contributed by atoms with Crippen LogP contribution in [-0.4, -0.2) is 34.9 Å². The molecule has 1 amide bonds. The summed E-state index contributed by atoms with van der Waals surface area (Å²) in [5.41, 5.74) is 6.78. The monoisotopic (exact) mass is 221 g/mol. The maximum Gasteiger partial charge on any atom is 0.255 e. The summed E-state index contributed by atoms with van der Waals surface area (Å²) in [6.45, 7) is 6.19. The highest BCUT2D eigenvalue weighted by molar-refractivity contribution is 5.94. The Labute approximate surface area is 96.5 Å². The summed E-state index contributed by atoms with van der Waals surface area (Å²) >= 11 is 0. The molecule has 0 unspecified atom stereocenters. The third-order valence-electron chi connectivity index (χ3n) is 2.87. The average molecular weight is 221 g/mol. The van der Waals surface area contributed by atoms with Gasteiger partial charge in [-0.1, -0.05) is 0 Å².